The smallest absolute Gasteiger partial charge is 0.0897 e. The van der Waals surface area contributed by atoms with Gasteiger partial charge in [-0.25, -0.2) is 0 Å². The van der Waals surface area contributed by atoms with E-state index in [1.54, 1.807) is 0 Å². The highest BCUT2D eigenvalue weighted by Crippen LogP contribution is 1.96. The molecule has 0 aliphatic rings. The van der Waals surface area contributed by atoms with Crippen LogP contribution >= 0.6 is 0 Å². The van der Waals surface area contributed by atoms with Crippen molar-refractivity contribution in [2.45, 2.75) is 58.6 Å². The van der Waals surface area contributed by atoms with Gasteiger partial charge < -0.3 is 19.9 Å². The van der Waals surface area contributed by atoms with Crippen LogP contribution in [0.4, 0.5) is 0 Å². The van der Waals surface area contributed by atoms with Crippen molar-refractivity contribution in [1.82, 2.24) is 5.32 Å². The summed E-state index contributed by atoms with van der Waals surface area (Å²) in [6, 6.07) is 0.497. The Balaban J connectivity index is 3.28. The van der Waals surface area contributed by atoms with E-state index >= 15 is 0 Å². The van der Waals surface area contributed by atoms with Gasteiger partial charge in [0.2, 0.25) is 0 Å². The van der Waals surface area contributed by atoms with Gasteiger partial charge in [0.1, 0.15) is 0 Å². The Morgan fingerprint density at radius 1 is 1.00 bits per heavy atom. The molecule has 0 saturated heterocycles. The second-order valence-corrected chi connectivity index (χ2v) is 4.62. The Bertz CT molecular complexity index is 163. The highest BCUT2D eigenvalue weighted by Gasteiger charge is 2.07. The first-order chi connectivity index (χ1) is 8.74. The van der Waals surface area contributed by atoms with Crippen LogP contribution in [0.25, 0.3) is 0 Å². The molecule has 0 amide bonds. The van der Waals surface area contributed by atoms with Gasteiger partial charge in [0, 0.05) is 19.2 Å². The molecule has 4 nitrogen and oxygen atoms in total. The van der Waals surface area contributed by atoms with Gasteiger partial charge in [0.15, 0.2) is 0 Å². The molecular weight excluding hydrogens is 230 g/mol. The molecule has 0 bridgehead atoms. The molecule has 1 unspecified atom stereocenters. The Hall–Kier alpha value is -0.160. The first kappa shape index (κ1) is 17.8. The first-order valence-electron chi connectivity index (χ1n) is 7.31. The maximum Gasteiger partial charge on any atom is 0.0897 e. The lowest BCUT2D eigenvalue weighted by molar-refractivity contribution is 0.00314. The zero-order chi connectivity index (χ0) is 13.6. The molecule has 0 aromatic heterocycles. The Morgan fingerprint density at radius 3 is 2.28 bits per heavy atom. The van der Waals surface area contributed by atoms with Gasteiger partial charge in [-0.15, -0.1) is 0 Å². The molecule has 0 aliphatic carbocycles. The summed E-state index contributed by atoms with van der Waals surface area (Å²) in [5, 5.41) is 13.0. The van der Waals surface area contributed by atoms with E-state index in [9.17, 15) is 5.11 Å². The molecule has 0 spiro atoms. The quantitative estimate of drug-likeness (QED) is 0.498. The molecule has 4 heteroatoms. The number of rotatable bonds is 13. The number of aliphatic hydroxyl groups excluding tert-OH is 1. The standard InChI is InChI=1S/C14H31NO3/c1-4-7-8-17-9-10-18-12-14(16)11-15-13(5-2)6-3/h13-16H,4-12H2,1-3H3. The van der Waals surface area contributed by atoms with E-state index in [1.165, 1.54) is 0 Å². The molecule has 2 N–H and O–H groups in total. The fraction of sp³-hybridized carbons (Fsp3) is 1.00. The molecule has 0 aromatic rings. The second-order valence-electron chi connectivity index (χ2n) is 4.62. The highest BCUT2D eigenvalue weighted by molar-refractivity contribution is 4.66. The average molecular weight is 261 g/mol. The van der Waals surface area contributed by atoms with E-state index in [0.29, 0.717) is 32.4 Å². The van der Waals surface area contributed by atoms with Crippen LogP contribution in [0.5, 0.6) is 0 Å². The molecule has 0 aromatic carbocycles. The maximum absolute atomic E-state index is 9.70. The lowest BCUT2D eigenvalue weighted by Gasteiger charge is -2.18. The zero-order valence-electron chi connectivity index (χ0n) is 12.3. The normalized spacial score (nSPS) is 13.2. The van der Waals surface area contributed by atoms with Crippen LogP contribution in [0.1, 0.15) is 46.5 Å². The van der Waals surface area contributed by atoms with E-state index in [4.69, 9.17) is 9.47 Å². The summed E-state index contributed by atoms with van der Waals surface area (Å²) in [6.07, 6.45) is 4.01. The van der Waals surface area contributed by atoms with Gasteiger partial charge in [-0.2, -0.15) is 0 Å². The maximum atomic E-state index is 9.70. The van der Waals surface area contributed by atoms with Crippen LogP contribution in [-0.4, -0.2) is 50.2 Å². The first-order valence-corrected chi connectivity index (χ1v) is 7.31. The molecule has 110 valence electrons. The molecule has 0 saturated carbocycles. The fourth-order valence-corrected chi connectivity index (χ4v) is 1.62. The van der Waals surface area contributed by atoms with Crippen LogP contribution in [0.15, 0.2) is 0 Å². The number of hydrogen-bond donors (Lipinski definition) is 2. The second kappa shape index (κ2) is 13.3. The molecule has 18 heavy (non-hydrogen) atoms. The Kier molecular flexibility index (Phi) is 13.2. The molecule has 0 radical (unpaired) electrons. The summed E-state index contributed by atoms with van der Waals surface area (Å²) in [5.41, 5.74) is 0. The summed E-state index contributed by atoms with van der Waals surface area (Å²) in [4.78, 5) is 0. The van der Waals surface area contributed by atoms with Crippen molar-refractivity contribution in [1.29, 1.82) is 0 Å². The average Bonchev–Trinajstić information content (AvgIpc) is 2.39. The summed E-state index contributed by atoms with van der Waals surface area (Å²) < 4.78 is 10.7. The van der Waals surface area contributed by atoms with Gasteiger partial charge in [-0.1, -0.05) is 27.2 Å². The minimum Gasteiger partial charge on any atom is -0.389 e. The minimum atomic E-state index is -0.429. The van der Waals surface area contributed by atoms with Gasteiger partial charge in [-0.3, -0.25) is 0 Å². The van der Waals surface area contributed by atoms with E-state index in [-0.39, 0.29) is 0 Å². The predicted octanol–water partition coefficient (Wildman–Crippen LogP) is 1.96. The fourth-order valence-electron chi connectivity index (χ4n) is 1.62. The van der Waals surface area contributed by atoms with Crippen molar-refractivity contribution < 1.29 is 14.6 Å². The van der Waals surface area contributed by atoms with E-state index in [2.05, 4.69) is 26.1 Å². The highest BCUT2D eigenvalue weighted by atomic mass is 16.5. The van der Waals surface area contributed by atoms with Crippen molar-refractivity contribution in [2.75, 3.05) is 33.0 Å². The molecule has 1 atom stereocenters. The lowest BCUT2D eigenvalue weighted by Crippen LogP contribution is -2.37. The van der Waals surface area contributed by atoms with E-state index in [1.807, 2.05) is 0 Å². The minimum absolute atomic E-state index is 0.379. The van der Waals surface area contributed by atoms with Crippen LogP contribution in [0.2, 0.25) is 0 Å². The number of aliphatic hydroxyl groups is 1. The lowest BCUT2D eigenvalue weighted by atomic mass is 10.1. The van der Waals surface area contributed by atoms with Gasteiger partial charge in [0.25, 0.3) is 0 Å². The van der Waals surface area contributed by atoms with Crippen molar-refractivity contribution in [2.24, 2.45) is 0 Å². The third-order valence-electron chi connectivity index (χ3n) is 2.95. The number of nitrogens with one attached hydrogen (secondary N) is 1. The topological polar surface area (TPSA) is 50.7 Å². The van der Waals surface area contributed by atoms with Gasteiger partial charge in [0.05, 0.1) is 25.9 Å². The van der Waals surface area contributed by atoms with Gasteiger partial charge in [-0.05, 0) is 19.3 Å². The predicted molar refractivity (Wildman–Crippen MR) is 74.9 cm³/mol. The molecule has 0 aliphatic heterocycles. The molecule has 0 rings (SSSR count). The van der Waals surface area contributed by atoms with Crippen LogP contribution in [-0.2, 0) is 9.47 Å². The summed E-state index contributed by atoms with van der Waals surface area (Å²) in [6.45, 7) is 9.41. The number of hydrogen-bond acceptors (Lipinski definition) is 4. The van der Waals surface area contributed by atoms with Crippen LogP contribution in [0, 0.1) is 0 Å². The van der Waals surface area contributed by atoms with Crippen molar-refractivity contribution in [3.8, 4) is 0 Å². The third kappa shape index (κ3) is 11.0. The summed E-state index contributed by atoms with van der Waals surface area (Å²) in [5.74, 6) is 0. The van der Waals surface area contributed by atoms with E-state index in [0.717, 1.165) is 32.3 Å². The van der Waals surface area contributed by atoms with E-state index < -0.39 is 6.10 Å². The van der Waals surface area contributed by atoms with Crippen molar-refractivity contribution >= 4 is 0 Å². The van der Waals surface area contributed by atoms with Gasteiger partial charge >= 0.3 is 0 Å². The number of ether oxygens (including phenoxy) is 2. The Morgan fingerprint density at radius 2 is 1.67 bits per heavy atom. The molecule has 0 fully saturated rings. The SMILES string of the molecule is CCCCOCCOCC(O)CNC(CC)CC. The molecule has 0 heterocycles. The summed E-state index contributed by atoms with van der Waals surface area (Å²) >= 11 is 0. The number of unbranched alkanes of at least 4 members (excludes halogenated alkanes) is 1. The summed E-state index contributed by atoms with van der Waals surface area (Å²) in [7, 11) is 0. The third-order valence-corrected chi connectivity index (χ3v) is 2.95. The van der Waals surface area contributed by atoms with Crippen molar-refractivity contribution in [3.05, 3.63) is 0 Å². The molecular formula is C14H31NO3. The van der Waals surface area contributed by atoms with Crippen molar-refractivity contribution in [3.63, 3.8) is 0 Å². The van der Waals surface area contributed by atoms with Crippen LogP contribution in [0.3, 0.4) is 0 Å². The van der Waals surface area contributed by atoms with Crippen LogP contribution < -0.4 is 5.32 Å². The monoisotopic (exact) mass is 261 g/mol. The largest absolute Gasteiger partial charge is 0.389 e. The Labute approximate surface area is 112 Å². The zero-order valence-corrected chi connectivity index (χ0v) is 12.3.